The SMILES string of the molecule is CNC(c1ccc(F)cc1)c1ccc(Cl)cc1F. The van der Waals surface area contributed by atoms with E-state index in [4.69, 9.17) is 11.6 Å². The van der Waals surface area contributed by atoms with Crippen molar-refractivity contribution in [3.05, 3.63) is 70.2 Å². The molecule has 1 nitrogen and oxygen atoms in total. The fourth-order valence-electron chi connectivity index (χ4n) is 1.89. The highest BCUT2D eigenvalue weighted by atomic mass is 35.5. The highest BCUT2D eigenvalue weighted by Gasteiger charge is 2.16. The van der Waals surface area contributed by atoms with Crippen molar-refractivity contribution >= 4 is 11.6 Å². The van der Waals surface area contributed by atoms with Crippen LogP contribution in [0.1, 0.15) is 17.2 Å². The molecule has 0 bridgehead atoms. The van der Waals surface area contributed by atoms with E-state index in [1.807, 2.05) is 0 Å². The zero-order chi connectivity index (χ0) is 13.1. The van der Waals surface area contributed by atoms with Crippen molar-refractivity contribution in [3.8, 4) is 0 Å². The van der Waals surface area contributed by atoms with Gasteiger partial charge in [0.15, 0.2) is 0 Å². The highest BCUT2D eigenvalue weighted by Crippen LogP contribution is 2.26. The molecule has 2 rings (SSSR count). The Kier molecular flexibility index (Phi) is 3.94. The van der Waals surface area contributed by atoms with E-state index in [1.54, 1.807) is 31.3 Å². The first-order chi connectivity index (χ1) is 8.61. The topological polar surface area (TPSA) is 12.0 Å². The second-order valence-electron chi connectivity index (χ2n) is 3.94. The molecule has 94 valence electrons. The van der Waals surface area contributed by atoms with Crippen LogP contribution in [0.25, 0.3) is 0 Å². The molecule has 2 aromatic rings. The molecular formula is C14H12ClF2N. The minimum absolute atomic E-state index is 0.315. The van der Waals surface area contributed by atoms with E-state index < -0.39 is 0 Å². The maximum Gasteiger partial charge on any atom is 0.129 e. The van der Waals surface area contributed by atoms with Crippen molar-refractivity contribution in [1.29, 1.82) is 0 Å². The second-order valence-corrected chi connectivity index (χ2v) is 4.38. The zero-order valence-electron chi connectivity index (χ0n) is 9.75. The van der Waals surface area contributed by atoms with Crippen molar-refractivity contribution in [3.63, 3.8) is 0 Å². The van der Waals surface area contributed by atoms with Gasteiger partial charge in [0.1, 0.15) is 11.6 Å². The third-order valence-corrected chi connectivity index (χ3v) is 3.00. The molecule has 0 spiro atoms. The molecule has 0 amide bonds. The summed E-state index contributed by atoms with van der Waals surface area (Å²) in [5.74, 6) is -0.698. The molecule has 18 heavy (non-hydrogen) atoms. The van der Waals surface area contributed by atoms with Crippen molar-refractivity contribution in [2.45, 2.75) is 6.04 Å². The number of hydrogen-bond acceptors (Lipinski definition) is 1. The van der Waals surface area contributed by atoms with Crippen LogP contribution in [0.2, 0.25) is 5.02 Å². The van der Waals surface area contributed by atoms with Gasteiger partial charge in [-0.3, -0.25) is 0 Å². The van der Waals surface area contributed by atoms with E-state index in [1.165, 1.54) is 18.2 Å². The quantitative estimate of drug-likeness (QED) is 0.889. The van der Waals surface area contributed by atoms with Gasteiger partial charge in [-0.2, -0.15) is 0 Å². The van der Waals surface area contributed by atoms with Crippen LogP contribution in [0.3, 0.4) is 0 Å². The summed E-state index contributed by atoms with van der Waals surface area (Å²) in [6, 6.07) is 10.2. The predicted molar refractivity (Wildman–Crippen MR) is 68.7 cm³/mol. The molecule has 0 fully saturated rings. The van der Waals surface area contributed by atoms with E-state index in [0.717, 1.165) is 5.56 Å². The summed E-state index contributed by atoms with van der Waals surface area (Å²) in [7, 11) is 1.72. The third-order valence-electron chi connectivity index (χ3n) is 2.77. The summed E-state index contributed by atoms with van der Waals surface area (Å²) in [6.45, 7) is 0. The van der Waals surface area contributed by atoms with Crippen molar-refractivity contribution in [2.24, 2.45) is 0 Å². The van der Waals surface area contributed by atoms with Crippen LogP contribution in [0, 0.1) is 11.6 Å². The molecule has 0 aromatic heterocycles. The number of rotatable bonds is 3. The van der Waals surface area contributed by atoms with E-state index >= 15 is 0 Å². The Labute approximate surface area is 109 Å². The molecule has 1 N–H and O–H groups in total. The van der Waals surface area contributed by atoms with E-state index in [9.17, 15) is 8.78 Å². The van der Waals surface area contributed by atoms with Gasteiger partial charge in [-0.05, 0) is 36.9 Å². The minimum Gasteiger partial charge on any atom is -0.309 e. The summed E-state index contributed by atoms with van der Waals surface area (Å²) in [5.41, 5.74) is 1.27. The molecule has 0 aliphatic heterocycles. The summed E-state index contributed by atoms with van der Waals surface area (Å²) in [5, 5.41) is 3.36. The Bertz CT molecular complexity index is 540. The van der Waals surface area contributed by atoms with Crippen LogP contribution in [0.15, 0.2) is 42.5 Å². The number of hydrogen-bond donors (Lipinski definition) is 1. The summed E-state index contributed by atoms with van der Waals surface area (Å²) in [4.78, 5) is 0. The summed E-state index contributed by atoms with van der Waals surface area (Å²) in [6.07, 6.45) is 0. The number of nitrogens with one attached hydrogen (secondary N) is 1. The maximum absolute atomic E-state index is 13.9. The van der Waals surface area contributed by atoms with Crippen LogP contribution < -0.4 is 5.32 Å². The van der Waals surface area contributed by atoms with Gasteiger partial charge in [-0.15, -0.1) is 0 Å². The lowest BCUT2D eigenvalue weighted by molar-refractivity contribution is 0.575. The lowest BCUT2D eigenvalue weighted by atomic mass is 9.98. The molecule has 4 heteroatoms. The first kappa shape index (κ1) is 13.0. The summed E-state index contributed by atoms with van der Waals surface area (Å²) < 4.78 is 26.7. The van der Waals surface area contributed by atoms with E-state index in [0.29, 0.717) is 10.6 Å². The molecular weight excluding hydrogens is 256 g/mol. The second kappa shape index (κ2) is 5.46. The van der Waals surface area contributed by atoms with Gasteiger partial charge in [0.05, 0.1) is 6.04 Å². The standard InChI is InChI=1S/C14H12ClF2N/c1-18-14(9-2-5-11(16)6-3-9)12-7-4-10(15)8-13(12)17/h2-8,14,18H,1H3. The number of halogens is 3. The Morgan fingerprint density at radius 1 is 1.06 bits per heavy atom. The van der Waals surface area contributed by atoms with Gasteiger partial charge in [0.25, 0.3) is 0 Å². The van der Waals surface area contributed by atoms with Crippen LogP contribution in [-0.2, 0) is 0 Å². The molecule has 0 saturated carbocycles. The molecule has 0 heterocycles. The molecule has 1 unspecified atom stereocenters. The average molecular weight is 268 g/mol. The molecule has 0 aliphatic carbocycles. The fraction of sp³-hybridized carbons (Fsp3) is 0.143. The van der Waals surface area contributed by atoms with Crippen LogP contribution in [0.5, 0.6) is 0 Å². The fourth-order valence-corrected chi connectivity index (χ4v) is 2.05. The first-order valence-corrected chi connectivity index (χ1v) is 5.87. The molecule has 0 radical (unpaired) electrons. The monoisotopic (exact) mass is 267 g/mol. The number of benzene rings is 2. The van der Waals surface area contributed by atoms with Gasteiger partial charge in [0, 0.05) is 10.6 Å². The van der Waals surface area contributed by atoms with E-state index in [-0.39, 0.29) is 17.7 Å². The van der Waals surface area contributed by atoms with Crippen LogP contribution in [0.4, 0.5) is 8.78 Å². The highest BCUT2D eigenvalue weighted by molar-refractivity contribution is 6.30. The van der Waals surface area contributed by atoms with Crippen molar-refractivity contribution in [2.75, 3.05) is 7.05 Å². The smallest absolute Gasteiger partial charge is 0.129 e. The van der Waals surface area contributed by atoms with Gasteiger partial charge in [-0.1, -0.05) is 29.8 Å². The zero-order valence-corrected chi connectivity index (χ0v) is 10.5. The Hall–Kier alpha value is -1.45. The van der Waals surface area contributed by atoms with Gasteiger partial charge >= 0.3 is 0 Å². The maximum atomic E-state index is 13.9. The first-order valence-electron chi connectivity index (χ1n) is 5.49. The van der Waals surface area contributed by atoms with Gasteiger partial charge in [-0.25, -0.2) is 8.78 Å². The lowest BCUT2D eigenvalue weighted by Crippen LogP contribution is -2.18. The largest absolute Gasteiger partial charge is 0.309 e. The van der Waals surface area contributed by atoms with Gasteiger partial charge in [0.2, 0.25) is 0 Å². The normalized spacial score (nSPS) is 12.4. The average Bonchev–Trinajstić information content (AvgIpc) is 2.35. The third kappa shape index (κ3) is 2.68. The van der Waals surface area contributed by atoms with Crippen LogP contribution >= 0.6 is 11.6 Å². The van der Waals surface area contributed by atoms with Gasteiger partial charge < -0.3 is 5.32 Å². The lowest BCUT2D eigenvalue weighted by Gasteiger charge is -2.18. The molecule has 2 aromatic carbocycles. The minimum atomic E-state index is -0.383. The summed E-state index contributed by atoms with van der Waals surface area (Å²) >= 11 is 5.72. The Morgan fingerprint density at radius 3 is 2.28 bits per heavy atom. The molecule has 0 saturated heterocycles. The Morgan fingerprint density at radius 2 is 1.72 bits per heavy atom. The van der Waals surface area contributed by atoms with Crippen LogP contribution in [-0.4, -0.2) is 7.05 Å². The van der Waals surface area contributed by atoms with Crippen molar-refractivity contribution < 1.29 is 8.78 Å². The predicted octanol–water partition coefficient (Wildman–Crippen LogP) is 3.93. The molecule has 1 atom stereocenters. The van der Waals surface area contributed by atoms with Crippen molar-refractivity contribution in [1.82, 2.24) is 5.32 Å². The molecule has 0 aliphatic rings. The Balaban J connectivity index is 2.41. The van der Waals surface area contributed by atoms with E-state index in [2.05, 4.69) is 5.32 Å².